The fraction of sp³-hybridized carbons (Fsp3) is 0.500. The van der Waals surface area contributed by atoms with Gasteiger partial charge in [0.1, 0.15) is 12.9 Å². The molecule has 0 radical (unpaired) electrons. The first kappa shape index (κ1) is 7.98. The molecular formula is C8H12O3. The lowest BCUT2D eigenvalue weighted by Crippen LogP contribution is -2.20. The first-order valence-electron chi connectivity index (χ1n) is 3.42. The maximum Gasteiger partial charge on any atom is 0.244 e. The number of hydrogen-bond acceptors (Lipinski definition) is 3. The van der Waals surface area contributed by atoms with E-state index in [2.05, 4.69) is 6.58 Å². The minimum absolute atomic E-state index is 0.382. The predicted octanol–water partition coefficient (Wildman–Crippen LogP) is 1.77. The molecule has 0 amide bonds. The molecule has 0 N–H and O–H groups in total. The molecule has 11 heavy (non-hydrogen) atoms. The summed E-state index contributed by atoms with van der Waals surface area (Å²) in [4.78, 5) is 0. The smallest absolute Gasteiger partial charge is 0.244 e. The minimum Gasteiger partial charge on any atom is -0.494 e. The molecule has 0 saturated carbocycles. The summed E-state index contributed by atoms with van der Waals surface area (Å²) in [6.45, 7) is 7.47. The lowest BCUT2D eigenvalue weighted by Gasteiger charge is -2.17. The first-order valence-corrected chi connectivity index (χ1v) is 3.42. The summed E-state index contributed by atoms with van der Waals surface area (Å²) in [5.74, 6) is 0.148. The van der Waals surface area contributed by atoms with Crippen LogP contribution in [0.4, 0.5) is 0 Å². The van der Waals surface area contributed by atoms with Gasteiger partial charge < -0.3 is 14.2 Å². The molecule has 0 aromatic heterocycles. The van der Waals surface area contributed by atoms with Crippen LogP contribution in [0.25, 0.3) is 0 Å². The molecule has 1 heterocycles. The average Bonchev–Trinajstić information content (AvgIpc) is 2.26. The standard InChI is InChI=1S/C8H12O3/c1-4-9-5-7-6-10-8(2,3)11-7/h4,6H,1,5H2,2-3H3. The Balaban J connectivity index is 2.34. The summed E-state index contributed by atoms with van der Waals surface area (Å²) in [5, 5.41) is 0. The Bertz CT molecular complexity index is 182. The summed E-state index contributed by atoms with van der Waals surface area (Å²) in [6, 6.07) is 0. The van der Waals surface area contributed by atoms with Gasteiger partial charge in [0.15, 0.2) is 5.76 Å². The van der Waals surface area contributed by atoms with Crippen LogP contribution >= 0.6 is 0 Å². The molecule has 1 aliphatic rings. The SMILES string of the molecule is C=COCC1=COC(C)(C)O1. The van der Waals surface area contributed by atoms with Crippen LogP contribution in [-0.4, -0.2) is 12.4 Å². The lowest BCUT2D eigenvalue weighted by molar-refractivity contribution is -0.120. The summed E-state index contributed by atoms with van der Waals surface area (Å²) in [5.41, 5.74) is 0. The Morgan fingerprint density at radius 1 is 1.73 bits per heavy atom. The third-order valence-electron chi connectivity index (χ3n) is 1.19. The van der Waals surface area contributed by atoms with Gasteiger partial charge in [-0.15, -0.1) is 0 Å². The van der Waals surface area contributed by atoms with Crippen LogP contribution in [0.15, 0.2) is 24.9 Å². The maximum absolute atomic E-state index is 5.32. The van der Waals surface area contributed by atoms with Crippen molar-refractivity contribution < 1.29 is 14.2 Å². The van der Waals surface area contributed by atoms with E-state index in [0.717, 1.165) is 0 Å². The topological polar surface area (TPSA) is 27.7 Å². The zero-order chi connectivity index (χ0) is 8.32. The third kappa shape index (κ3) is 2.18. The average molecular weight is 156 g/mol. The van der Waals surface area contributed by atoms with E-state index in [4.69, 9.17) is 14.2 Å². The van der Waals surface area contributed by atoms with Crippen LogP contribution in [0.2, 0.25) is 0 Å². The van der Waals surface area contributed by atoms with Crippen LogP contribution in [-0.2, 0) is 14.2 Å². The second kappa shape index (κ2) is 2.86. The molecule has 0 unspecified atom stereocenters. The number of ether oxygens (including phenoxy) is 3. The monoisotopic (exact) mass is 156 g/mol. The molecule has 0 aromatic rings. The molecule has 0 bridgehead atoms. The van der Waals surface area contributed by atoms with Crippen molar-refractivity contribution in [3.8, 4) is 0 Å². The zero-order valence-corrected chi connectivity index (χ0v) is 6.79. The van der Waals surface area contributed by atoms with E-state index < -0.39 is 5.79 Å². The van der Waals surface area contributed by atoms with E-state index in [1.807, 2.05) is 13.8 Å². The van der Waals surface area contributed by atoms with Gasteiger partial charge in [0.25, 0.3) is 0 Å². The normalized spacial score (nSPS) is 19.6. The van der Waals surface area contributed by atoms with Crippen LogP contribution < -0.4 is 0 Å². The van der Waals surface area contributed by atoms with Gasteiger partial charge in [-0.3, -0.25) is 0 Å². The van der Waals surface area contributed by atoms with Crippen molar-refractivity contribution in [2.75, 3.05) is 6.61 Å². The van der Waals surface area contributed by atoms with E-state index in [1.165, 1.54) is 6.26 Å². The van der Waals surface area contributed by atoms with Gasteiger partial charge in [0.2, 0.25) is 5.79 Å². The van der Waals surface area contributed by atoms with Crippen molar-refractivity contribution in [1.82, 2.24) is 0 Å². The van der Waals surface area contributed by atoms with Crippen LogP contribution in [0.1, 0.15) is 13.8 Å². The number of hydrogen-bond donors (Lipinski definition) is 0. The van der Waals surface area contributed by atoms with Gasteiger partial charge in [0, 0.05) is 13.8 Å². The fourth-order valence-electron chi connectivity index (χ4n) is 0.776. The molecule has 0 aromatic carbocycles. The molecule has 0 aliphatic carbocycles. The van der Waals surface area contributed by atoms with Crippen molar-refractivity contribution in [2.45, 2.75) is 19.6 Å². The van der Waals surface area contributed by atoms with Gasteiger partial charge in [-0.1, -0.05) is 6.58 Å². The lowest BCUT2D eigenvalue weighted by atomic mass is 10.4. The van der Waals surface area contributed by atoms with E-state index in [-0.39, 0.29) is 0 Å². The van der Waals surface area contributed by atoms with E-state index in [0.29, 0.717) is 12.4 Å². The maximum atomic E-state index is 5.32. The fourth-order valence-corrected chi connectivity index (χ4v) is 0.776. The van der Waals surface area contributed by atoms with Gasteiger partial charge in [-0.25, -0.2) is 0 Å². The second-order valence-electron chi connectivity index (χ2n) is 2.68. The number of rotatable bonds is 3. The highest BCUT2D eigenvalue weighted by atomic mass is 16.7. The Kier molecular flexibility index (Phi) is 2.08. The summed E-state index contributed by atoms with van der Waals surface area (Å²) in [6.07, 6.45) is 2.93. The first-order chi connectivity index (χ1) is 5.14. The summed E-state index contributed by atoms with van der Waals surface area (Å²) in [7, 11) is 0. The van der Waals surface area contributed by atoms with E-state index in [9.17, 15) is 0 Å². The van der Waals surface area contributed by atoms with Gasteiger partial charge in [-0.2, -0.15) is 0 Å². The van der Waals surface area contributed by atoms with Gasteiger partial charge in [0.05, 0.1) is 6.26 Å². The summed E-state index contributed by atoms with van der Waals surface area (Å²) >= 11 is 0. The quantitative estimate of drug-likeness (QED) is 0.583. The van der Waals surface area contributed by atoms with Crippen molar-refractivity contribution in [1.29, 1.82) is 0 Å². The van der Waals surface area contributed by atoms with Crippen molar-refractivity contribution in [3.63, 3.8) is 0 Å². The Morgan fingerprint density at radius 2 is 2.45 bits per heavy atom. The molecule has 0 spiro atoms. The van der Waals surface area contributed by atoms with Gasteiger partial charge >= 0.3 is 0 Å². The molecule has 1 rings (SSSR count). The highest BCUT2D eigenvalue weighted by Gasteiger charge is 2.27. The molecule has 0 fully saturated rings. The molecule has 3 nitrogen and oxygen atoms in total. The Morgan fingerprint density at radius 3 is 2.91 bits per heavy atom. The van der Waals surface area contributed by atoms with Crippen molar-refractivity contribution >= 4 is 0 Å². The Hall–Kier alpha value is -1.12. The van der Waals surface area contributed by atoms with E-state index in [1.54, 1.807) is 6.26 Å². The largest absolute Gasteiger partial charge is 0.494 e. The molecule has 0 saturated heterocycles. The minimum atomic E-state index is -0.542. The van der Waals surface area contributed by atoms with Crippen molar-refractivity contribution in [3.05, 3.63) is 24.9 Å². The zero-order valence-electron chi connectivity index (χ0n) is 6.79. The van der Waals surface area contributed by atoms with Crippen molar-refractivity contribution in [2.24, 2.45) is 0 Å². The predicted molar refractivity (Wildman–Crippen MR) is 40.5 cm³/mol. The molecule has 3 heteroatoms. The highest BCUT2D eigenvalue weighted by molar-refractivity contribution is 4.95. The highest BCUT2D eigenvalue weighted by Crippen LogP contribution is 2.23. The molecule has 1 aliphatic heterocycles. The van der Waals surface area contributed by atoms with Crippen LogP contribution in [0.5, 0.6) is 0 Å². The molecule has 62 valence electrons. The second-order valence-corrected chi connectivity index (χ2v) is 2.68. The summed E-state index contributed by atoms with van der Waals surface area (Å²) < 4.78 is 15.4. The van der Waals surface area contributed by atoms with E-state index >= 15 is 0 Å². The molecule has 0 atom stereocenters. The van der Waals surface area contributed by atoms with Crippen LogP contribution in [0.3, 0.4) is 0 Å². The third-order valence-corrected chi connectivity index (χ3v) is 1.19. The Labute approximate surface area is 66.2 Å². The van der Waals surface area contributed by atoms with Gasteiger partial charge in [-0.05, 0) is 0 Å². The van der Waals surface area contributed by atoms with Crippen LogP contribution in [0, 0.1) is 0 Å². The molecular weight excluding hydrogens is 144 g/mol.